The lowest BCUT2D eigenvalue weighted by Crippen LogP contribution is -2.80. The third kappa shape index (κ3) is 3.05. The van der Waals surface area contributed by atoms with Crippen LogP contribution in [-0.2, 0) is 23.7 Å². The van der Waals surface area contributed by atoms with Crippen LogP contribution in [-0.4, -0.2) is 134 Å². The van der Waals surface area contributed by atoms with Crippen LogP contribution < -0.4 is 0 Å². The molecule has 1 aromatic rings. The molecule has 4 N–H and O–H groups in total. The van der Waals surface area contributed by atoms with Crippen molar-refractivity contribution < 1.29 is 48.9 Å². The fraction of sp³-hybridized carbons (Fsp3) is 0.774. The maximum absolute atomic E-state index is 13.5. The molecule has 1 aromatic carbocycles. The van der Waals surface area contributed by atoms with Crippen molar-refractivity contribution in [1.82, 2.24) is 4.90 Å². The van der Waals surface area contributed by atoms with Gasteiger partial charge in [-0.15, -0.1) is 0 Å². The zero-order chi connectivity index (χ0) is 30.0. The third-order valence-corrected chi connectivity index (χ3v) is 12.6. The molecule has 11 heteroatoms. The minimum Gasteiger partial charge on any atom is -0.455 e. The molecule has 0 aromatic heterocycles. The van der Waals surface area contributed by atoms with Crippen molar-refractivity contribution in [3.63, 3.8) is 0 Å². The topological polar surface area (TPSA) is 147 Å². The van der Waals surface area contributed by atoms with Gasteiger partial charge in [-0.2, -0.15) is 0 Å². The number of carbonyl (C=O) groups is 1. The van der Waals surface area contributed by atoms with Gasteiger partial charge < -0.3 is 49.0 Å². The zero-order valence-corrected chi connectivity index (χ0v) is 24.8. The van der Waals surface area contributed by atoms with Gasteiger partial charge in [0.15, 0.2) is 0 Å². The van der Waals surface area contributed by atoms with E-state index >= 15 is 0 Å². The van der Waals surface area contributed by atoms with Crippen LogP contribution in [0.3, 0.4) is 0 Å². The predicted molar refractivity (Wildman–Crippen MR) is 146 cm³/mol. The number of piperidine rings is 1. The van der Waals surface area contributed by atoms with E-state index in [2.05, 4.69) is 4.90 Å². The summed E-state index contributed by atoms with van der Waals surface area (Å²) in [4.78, 5) is 15.7. The first-order valence-electron chi connectivity index (χ1n) is 14.9. The van der Waals surface area contributed by atoms with Gasteiger partial charge in [-0.25, -0.2) is 4.79 Å². The molecular formula is C31H43NO10. The van der Waals surface area contributed by atoms with E-state index in [4.69, 9.17) is 23.7 Å². The first-order valence-corrected chi connectivity index (χ1v) is 14.9. The quantitative estimate of drug-likeness (QED) is 0.311. The summed E-state index contributed by atoms with van der Waals surface area (Å²) in [7, 11) is 8.22. The van der Waals surface area contributed by atoms with E-state index in [0.717, 1.165) is 0 Å². The molecule has 1 aliphatic heterocycles. The van der Waals surface area contributed by atoms with E-state index < -0.39 is 82.4 Å². The van der Waals surface area contributed by atoms with Gasteiger partial charge in [-0.3, -0.25) is 0 Å². The summed E-state index contributed by atoms with van der Waals surface area (Å²) in [6, 6.07) is 8.22. The molecule has 2 unspecified atom stereocenters. The molecule has 42 heavy (non-hydrogen) atoms. The highest BCUT2D eigenvalue weighted by Gasteiger charge is 2.91. The first kappa shape index (κ1) is 29.1. The highest BCUT2D eigenvalue weighted by Crippen LogP contribution is 2.80. The third-order valence-electron chi connectivity index (χ3n) is 12.6. The number of fused-ring (bicyclic) bond motifs is 2. The van der Waals surface area contributed by atoms with Gasteiger partial charge in [0.25, 0.3) is 0 Å². The molecule has 7 rings (SSSR count). The molecule has 5 saturated carbocycles. The fourth-order valence-electron chi connectivity index (χ4n) is 11.8. The summed E-state index contributed by atoms with van der Waals surface area (Å²) in [5.74, 6) is -2.96. The van der Waals surface area contributed by atoms with Gasteiger partial charge in [0.1, 0.15) is 29.5 Å². The lowest BCUT2D eigenvalue weighted by atomic mass is 9.42. The molecule has 1 heterocycles. The van der Waals surface area contributed by atoms with E-state index in [0.29, 0.717) is 18.5 Å². The number of rotatable bonds is 7. The number of methoxy groups -OCH3 is 4. The molecule has 5 aliphatic carbocycles. The molecule has 1 spiro atoms. The minimum atomic E-state index is -1.86. The van der Waals surface area contributed by atoms with E-state index in [1.165, 1.54) is 7.11 Å². The van der Waals surface area contributed by atoms with E-state index in [1.807, 2.05) is 7.05 Å². The summed E-state index contributed by atoms with van der Waals surface area (Å²) in [6.07, 6.45) is -5.28. The van der Waals surface area contributed by atoms with Crippen molar-refractivity contribution >= 4 is 5.97 Å². The Morgan fingerprint density at radius 1 is 1.00 bits per heavy atom. The Morgan fingerprint density at radius 2 is 1.71 bits per heavy atom. The van der Waals surface area contributed by atoms with Gasteiger partial charge in [0.2, 0.25) is 0 Å². The number of nitrogens with zero attached hydrogens (tertiary/aromatic N) is 1. The van der Waals surface area contributed by atoms with Gasteiger partial charge in [0, 0.05) is 76.0 Å². The van der Waals surface area contributed by atoms with Gasteiger partial charge in [-0.1, -0.05) is 18.2 Å². The van der Waals surface area contributed by atoms with E-state index in [9.17, 15) is 25.2 Å². The van der Waals surface area contributed by atoms with E-state index in [-0.39, 0.29) is 25.0 Å². The molecular weight excluding hydrogens is 546 g/mol. The molecule has 0 radical (unpaired) electrons. The molecule has 0 amide bonds. The number of esters is 1. The van der Waals surface area contributed by atoms with Crippen molar-refractivity contribution in [2.75, 3.05) is 48.6 Å². The summed E-state index contributed by atoms with van der Waals surface area (Å²) in [5, 5.41) is 49.4. The summed E-state index contributed by atoms with van der Waals surface area (Å²) in [5.41, 5.74) is -4.81. The van der Waals surface area contributed by atoms with E-state index in [1.54, 1.807) is 51.7 Å². The fourth-order valence-corrected chi connectivity index (χ4v) is 11.8. The summed E-state index contributed by atoms with van der Waals surface area (Å²) >= 11 is 0. The molecule has 11 nitrogen and oxygen atoms in total. The number of likely N-dealkylation sites (tertiary alicyclic amines) is 1. The van der Waals surface area contributed by atoms with Crippen LogP contribution in [0.4, 0.5) is 0 Å². The highest BCUT2D eigenvalue weighted by atomic mass is 16.6. The number of ether oxygens (including phenoxy) is 5. The van der Waals surface area contributed by atoms with Crippen LogP contribution in [0.25, 0.3) is 0 Å². The monoisotopic (exact) mass is 589 g/mol. The second kappa shape index (κ2) is 9.42. The normalized spacial score (nSPS) is 53.7. The van der Waals surface area contributed by atoms with Gasteiger partial charge in [0.05, 0.1) is 30.5 Å². The number of aliphatic hydroxyl groups excluding tert-OH is 2. The first-order chi connectivity index (χ1) is 20.0. The lowest BCUT2D eigenvalue weighted by Gasteiger charge is -2.69. The smallest absolute Gasteiger partial charge is 0.338 e. The SMILES string of the molecule is COC[C@]12CN(C)C3C4[C@H](OC)[C@H]1[C@@]3([C@@H](OC)C[C@H]2O)[C@@H]1C[C@@]2(O)[C@H](OC(=O)c3ccccc3)[C@@H]1[C@]4(O)[C@@H](O)[C@@H]2OC. The van der Waals surface area contributed by atoms with Crippen LogP contribution in [0.2, 0.25) is 0 Å². The van der Waals surface area contributed by atoms with Crippen LogP contribution in [0.1, 0.15) is 23.2 Å². The average Bonchev–Trinajstić information content (AvgIpc) is 3.37. The van der Waals surface area contributed by atoms with Crippen LogP contribution in [0, 0.1) is 34.5 Å². The Balaban J connectivity index is 1.47. The molecule has 15 atom stereocenters. The summed E-state index contributed by atoms with van der Waals surface area (Å²) in [6.45, 7) is 0.760. The molecule has 7 bridgehead atoms. The number of hydrogen-bond donors (Lipinski definition) is 4. The summed E-state index contributed by atoms with van der Waals surface area (Å²) < 4.78 is 30.3. The number of benzene rings is 1. The molecule has 6 aliphatic rings. The lowest BCUT2D eigenvalue weighted by molar-refractivity contribution is -0.318. The molecule has 6 fully saturated rings. The van der Waals surface area contributed by atoms with Crippen molar-refractivity contribution in [1.29, 1.82) is 0 Å². The number of carbonyl (C=O) groups excluding carboxylic acids is 1. The van der Waals surface area contributed by atoms with Crippen molar-refractivity contribution in [3.8, 4) is 0 Å². The Hall–Kier alpha value is -1.67. The van der Waals surface area contributed by atoms with Crippen LogP contribution in [0.15, 0.2) is 30.3 Å². The number of aliphatic hydroxyl groups is 4. The minimum absolute atomic E-state index is 0.102. The predicted octanol–water partition coefficient (Wildman–Crippen LogP) is -0.313. The Morgan fingerprint density at radius 3 is 2.33 bits per heavy atom. The van der Waals surface area contributed by atoms with Crippen molar-refractivity contribution in [2.45, 2.75) is 66.7 Å². The Bertz CT molecular complexity index is 1240. The van der Waals surface area contributed by atoms with Crippen molar-refractivity contribution in [3.05, 3.63) is 35.9 Å². The van der Waals surface area contributed by atoms with Crippen molar-refractivity contribution in [2.24, 2.45) is 34.5 Å². The maximum atomic E-state index is 13.5. The standard InChI is InChI=1S/C31H43NO10/c1-32-13-28(14-38-2)17(33)11-18(39-3)30-16-12-29(36)25(42-27(35)15-9-7-6-8-10-15)19(16)31(37,24(34)26(29)41-5)20(23(30)32)21(40-4)22(28)30/h6-10,16-26,33-34,36-37H,11-14H2,1-5H3/t16-,17-,18+,19-,20?,21+,22-,23?,24+,25-,26+,28+,29-,30+,31-/m1/s1. The largest absolute Gasteiger partial charge is 0.455 e. The highest BCUT2D eigenvalue weighted by molar-refractivity contribution is 5.89. The average molecular weight is 590 g/mol. The maximum Gasteiger partial charge on any atom is 0.338 e. The van der Waals surface area contributed by atoms with Gasteiger partial charge in [-0.05, 0) is 31.5 Å². The zero-order valence-electron chi connectivity index (χ0n) is 24.8. The van der Waals surface area contributed by atoms with Crippen LogP contribution in [0.5, 0.6) is 0 Å². The number of hydrogen-bond acceptors (Lipinski definition) is 11. The molecule has 232 valence electrons. The Kier molecular flexibility index (Phi) is 6.52. The van der Waals surface area contributed by atoms with Gasteiger partial charge >= 0.3 is 5.97 Å². The Labute approximate surface area is 245 Å². The second-order valence-corrected chi connectivity index (χ2v) is 13.7. The van der Waals surface area contributed by atoms with Crippen LogP contribution >= 0.6 is 0 Å². The second-order valence-electron chi connectivity index (χ2n) is 13.7. The molecule has 1 saturated heterocycles.